The third-order valence-corrected chi connectivity index (χ3v) is 4.49. The van der Waals surface area contributed by atoms with E-state index < -0.39 is 12.2 Å². The SMILES string of the molecule is CC(C)C[C@@H](OC(c1ccc(F)cc1)c1ccc(Br)cc1)C(=O)NCC#N. The Kier molecular flexibility index (Phi) is 7.96. The highest BCUT2D eigenvalue weighted by atomic mass is 79.9. The third-order valence-electron chi connectivity index (χ3n) is 3.97. The second-order valence-corrected chi connectivity index (χ2v) is 7.53. The van der Waals surface area contributed by atoms with E-state index in [1.807, 2.05) is 44.2 Å². The van der Waals surface area contributed by atoms with E-state index in [2.05, 4.69) is 21.2 Å². The lowest BCUT2D eigenvalue weighted by molar-refractivity contribution is -0.136. The van der Waals surface area contributed by atoms with E-state index in [9.17, 15) is 9.18 Å². The molecule has 0 spiro atoms. The number of nitrogens with one attached hydrogen (secondary N) is 1. The average Bonchev–Trinajstić information content (AvgIpc) is 2.64. The minimum absolute atomic E-state index is 0.0731. The van der Waals surface area contributed by atoms with Crippen molar-refractivity contribution >= 4 is 21.8 Å². The maximum Gasteiger partial charge on any atom is 0.250 e. The van der Waals surface area contributed by atoms with Crippen LogP contribution in [-0.4, -0.2) is 18.6 Å². The maximum absolute atomic E-state index is 13.4. The van der Waals surface area contributed by atoms with Gasteiger partial charge in [-0.05, 0) is 47.7 Å². The molecule has 2 aromatic rings. The van der Waals surface area contributed by atoms with Crippen molar-refractivity contribution in [3.63, 3.8) is 0 Å². The topological polar surface area (TPSA) is 62.1 Å². The van der Waals surface area contributed by atoms with Gasteiger partial charge < -0.3 is 10.1 Å². The van der Waals surface area contributed by atoms with Crippen LogP contribution in [0.2, 0.25) is 0 Å². The number of nitriles is 1. The molecular formula is C21H22BrFN2O2. The van der Waals surface area contributed by atoms with Gasteiger partial charge in [0.15, 0.2) is 0 Å². The molecule has 0 saturated heterocycles. The minimum atomic E-state index is -0.725. The number of carbonyl (C=O) groups is 1. The van der Waals surface area contributed by atoms with Crippen molar-refractivity contribution in [2.45, 2.75) is 32.5 Å². The van der Waals surface area contributed by atoms with Crippen molar-refractivity contribution in [3.8, 4) is 6.07 Å². The molecule has 2 atom stereocenters. The number of carbonyl (C=O) groups excluding carboxylic acids is 1. The molecule has 0 bridgehead atoms. The Morgan fingerprint density at radius 2 is 1.70 bits per heavy atom. The molecule has 0 aliphatic heterocycles. The Morgan fingerprint density at radius 3 is 2.22 bits per heavy atom. The molecule has 1 N–H and O–H groups in total. The van der Waals surface area contributed by atoms with Crippen molar-refractivity contribution in [1.82, 2.24) is 5.32 Å². The van der Waals surface area contributed by atoms with Gasteiger partial charge in [0.25, 0.3) is 0 Å². The lowest BCUT2D eigenvalue weighted by atomic mass is 9.99. The smallest absolute Gasteiger partial charge is 0.250 e. The lowest BCUT2D eigenvalue weighted by Gasteiger charge is -2.26. The molecule has 0 aliphatic rings. The molecule has 4 nitrogen and oxygen atoms in total. The molecule has 2 rings (SSSR count). The molecule has 2 aromatic carbocycles. The monoisotopic (exact) mass is 432 g/mol. The Labute approximate surface area is 167 Å². The zero-order valence-electron chi connectivity index (χ0n) is 15.3. The predicted molar refractivity (Wildman–Crippen MR) is 105 cm³/mol. The number of halogens is 2. The second kappa shape index (κ2) is 10.2. The van der Waals surface area contributed by atoms with Crippen molar-refractivity contribution < 1.29 is 13.9 Å². The Hall–Kier alpha value is -2.23. The van der Waals surface area contributed by atoms with E-state index in [1.165, 1.54) is 12.1 Å². The van der Waals surface area contributed by atoms with E-state index in [-0.39, 0.29) is 24.2 Å². The summed E-state index contributed by atoms with van der Waals surface area (Å²) in [6, 6.07) is 15.5. The number of hydrogen-bond donors (Lipinski definition) is 1. The predicted octanol–water partition coefficient (Wildman–Crippen LogP) is 4.75. The highest BCUT2D eigenvalue weighted by Crippen LogP contribution is 2.30. The highest BCUT2D eigenvalue weighted by molar-refractivity contribution is 9.10. The van der Waals surface area contributed by atoms with Gasteiger partial charge in [-0.3, -0.25) is 4.79 Å². The van der Waals surface area contributed by atoms with Gasteiger partial charge in [-0.15, -0.1) is 0 Å². The van der Waals surface area contributed by atoms with Gasteiger partial charge in [-0.2, -0.15) is 5.26 Å². The molecule has 1 unspecified atom stereocenters. The quantitative estimate of drug-likeness (QED) is 0.612. The number of benzene rings is 2. The maximum atomic E-state index is 13.4. The summed E-state index contributed by atoms with van der Waals surface area (Å²) in [5.74, 6) is -0.435. The highest BCUT2D eigenvalue weighted by Gasteiger charge is 2.26. The number of hydrogen-bond acceptors (Lipinski definition) is 3. The fraction of sp³-hybridized carbons (Fsp3) is 0.333. The van der Waals surface area contributed by atoms with E-state index >= 15 is 0 Å². The molecule has 1 amide bonds. The second-order valence-electron chi connectivity index (χ2n) is 6.61. The van der Waals surface area contributed by atoms with Crippen LogP contribution in [0.1, 0.15) is 37.5 Å². The fourth-order valence-corrected chi connectivity index (χ4v) is 2.95. The molecule has 142 valence electrons. The summed E-state index contributed by atoms with van der Waals surface area (Å²) in [7, 11) is 0. The van der Waals surface area contributed by atoms with Gasteiger partial charge in [-0.1, -0.05) is 54.0 Å². The molecule has 0 saturated carbocycles. The zero-order chi connectivity index (χ0) is 19.8. The molecule has 0 aromatic heterocycles. The number of nitrogens with zero attached hydrogens (tertiary/aromatic N) is 1. The standard InChI is InChI=1S/C21H22BrFN2O2/c1-14(2)13-19(21(26)25-12-11-24)27-20(15-3-7-17(22)8-4-15)16-5-9-18(23)10-6-16/h3-10,14,19-20H,12-13H2,1-2H3,(H,25,26)/t19-,20?/m1/s1. The van der Waals surface area contributed by atoms with Crippen LogP contribution < -0.4 is 5.32 Å². The first-order valence-corrected chi connectivity index (χ1v) is 9.51. The summed E-state index contributed by atoms with van der Waals surface area (Å²) in [4.78, 5) is 12.5. The van der Waals surface area contributed by atoms with E-state index in [4.69, 9.17) is 10.00 Å². The molecule has 0 heterocycles. The van der Waals surface area contributed by atoms with E-state index in [0.29, 0.717) is 6.42 Å². The van der Waals surface area contributed by atoms with Crippen LogP contribution in [0.3, 0.4) is 0 Å². The van der Waals surface area contributed by atoms with Crippen molar-refractivity contribution in [2.75, 3.05) is 6.54 Å². The molecule has 27 heavy (non-hydrogen) atoms. The summed E-state index contributed by atoms with van der Waals surface area (Å²) in [6.45, 7) is 3.93. The first kappa shape index (κ1) is 21.1. The van der Waals surface area contributed by atoms with Crippen LogP contribution in [0.25, 0.3) is 0 Å². The van der Waals surface area contributed by atoms with Crippen molar-refractivity contribution in [2.24, 2.45) is 5.92 Å². The average molecular weight is 433 g/mol. The summed E-state index contributed by atoms with van der Waals surface area (Å²) >= 11 is 3.41. The normalized spacial score (nSPS) is 13.0. The summed E-state index contributed by atoms with van der Waals surface area (Å²) in [6.07, 6.45) is -0.752. The van der Waals surface area contributed by atoms with Gasteiger partial charge in [0.2, 0.25) is 5.91 Å². The van der Waals surface area contributed by atoms with Crippen LogP contribution in [0, 0.1) is 23.1 Å². The Balaban J connectivity index is 2.35. The van der Waals surface area contributed by atoms with Crippen LogP contribution in [-0.2, 0) is 9.53 Å². The molecule has 0 aliphatic carbocycles. The summed E-state index contributed by atoms with van der Waals surface area (Å²) in [5, 5.41) is 11.3. The van der Waals surface area contributed by atoms with Crippen molar-refractivity contribution in [1.29, 1.82) is 5.26 Å². The fourth-order valence-electron chi connectivity index (χ4n) is 2.68. The van der Waals surface area contributed by atoms with Crippen LogP contribution in [0.5, 0.6) is 0 Å². The van der Waals surface area contributed by atoms with E-state index in [0.717, 1.165) is 15.6 Å². The largest absolute Gasteiger partial charge is 0.356 e. The first-order valence-electron chi connectivity index (χ1n) is 8.71. The third kappa shape index (κ3) is 6.46. The van der Waals surface area contributed by atoms with Gasteiger partial charge in [0.1, 0.15) is 24.6 Å². The molecule has 0 radical (unpaired) electrons. The Bertz CT molecular complexity index is 740. The van der Waals surface area contributed by atoms with Gasteiger partial charge in [-0.25, -0.2) is 4.39 Å². The van der Waals surface area contributed by atoms with Gasteiger partial charge in [0.05, 0.1) is 6.07 Å². The summed E-state index contributed by atoms with van der Waals surface area (Å²) < 4.78 is 20.5. The molecule has 0 fully saturated rings. The number of amides is 1. The van der Waals surface area contributed by atoms with Gasteiger partial charge in [0, 0.05) is 4.47 Å². The summed E-state index contributed by atoms with van der Waals surface area (Å²) in [5.41, 5.74) is 1.60. The number of ether oxygens (including phenoxy) is 1. The van der Waals surface area contributed by atoms with Crippen molar-refractivity contribution in [3.05, 3.63) is 69.9 Å². The van der Waals surface area contributed by atoms with Crippen LogP contribution in [0.15, 0.2) is 53.0 Å². The Morgan fingerprint density at radius 1 is 1.15 bits per heavy atom. The van der Waals surface area contributed by atoms with Crippen LogP contribution >= 0.6 is 15.9 Å². The van der Waals surface area contributed by atoms with E-state index in [1.54, 1.807) is 12.1 Å². The number of rotatable bonds is 8. The molecule has 6 heteroatoms. The first-order chi connectivity index (χ1) is 12.9. The lowest BCUT2D eigenvalue weighted by Crippen LogP contribution is -2.38. The van der Waals surface area contributed by atoms with Crippen LogP contribution in [0.4, 0.5) is 4.39 Å². The molecular weight excluding hydrogens is 411 g/mol. The van der Waals surface area contributed by atoms with Gasteiger partial charge >= 0.3 is 0 Å². The zero-order valence-corrected chi connectivity index (χ0v) is 16.9. The minimum Gasteiger partial charge on any atom is -0.356 e.